The Labute approximate surface area is 184 Å². The molecular weight excluding hydrogens is 424 g/mol. The smallest absolute Gasteiger partial charge is 0.231 e. The molecule has 1 fully saturated rings. The van der Waals surface area contributed by atoms with E-state index in [1.807, 2.05) is 22.9 Å². The van der Waals surface area contributed by atoms with Gasteiger partial charge in [0.1, 0.15) is 5.75 Å². The molecule has 2 aliphatic rings. The lowest BCUT2D eigenvalue weighted by Gasteiger charge is -2.25. The van der Waals surface area contributed by atoms with Gasteiger partial charge in [-0.2, -0.15) is 4.98 Å². The number of rotatable bonds is 5. The van der Waals surface area contributed by atoms with E-state index in [1.54, 1.807) is 13.2 Å². The van der Waals surface area contributed by atoms with Crippen molar-refractivity contribution in [1.29, 1.82) is 0 Å². The van der Waals surface area contributed by atoms with Crippen LogP contribution in [0.1, 0.15) is 24.4 Å². The number of likely N-dealkylation sites (tertiary alicyclic amines) is 1. The zero-order chi connectivity index (χ0) is 20.7. The highest BCUT2D eigenvalue weighted by Gasteiger charge is 2.28. The molecule has 1 atom stereocenters. The van der Waals surface area contributed by atoms with Crippen molar-refractivity contribution in [3.63, 3.8) is 0 Å². The van der Waals surface area contributed by atoms with Gasteiger partial charge in [-0.25, -0.2) is 4.68 Å². The quantitative estimate of drug-likeness (QED) is 0.570. The summed E-state index contributed by atoms with van der Waals surface area (Å²) in [7, 11) is 1.62. The minimum absolute atomic E-state index is 0.284. The van der Waals surface area contributed by atoms with Crippen LogP contribution >= 0.6 is 23.8 Å². The number of hydrogen-bond donors (Lipinski definition) is 1. The van der Waals surface area contributed by atoms with Crippen LogP contribution in [0.25, 0.3) is 11.4 Å². The second kappa shape index (κ2) is 7.94. The Balaban J connectivity index is 1.41. The number of benzene rings is 2. The Morgan fingerprint density at radius 1 is 1.23 bits per heavy atom. The first-order valence-electron chi connectivity index (χ1n) is 9.77. The van der Waals surface area contributed by atoms with Crippen molar-refractivity contribution in [1.82, 2.24) is 19.7 Å². The summed E-state index contributed by atoms with van der Waals surface area (Å²) < 4.78 is 18.8. The van der Waals surface area contributed by atoms with Crippen LogP contribution in [-0.2, 0) is 6.67 Å². The molecule has 9 heteroatoms. The Hall–Kier alpha value is -2.55. The number of nitrogens with zero attached hydrogens (tertiary/aromatic N) is 3. The second-order valence-electron chi connectivity index (χ2n) is 7.35. The fraction of sp³-hybridized carbons (Fsp3) is 0.333. The van der Waals surface area contributed by atoms with Crippen LogP contribution in [0.2, 0.25) is 5.02 Å². The van der Waals surface area contributed by atoms with E-state index in [2.05, 4.69) is 27.1 Å². The number of methoxy groups -OCH3 is 1. The number of ether oxygens (including phenoxy) is 3. The Morgan fingerprint density at radius 3 is 2.97 bits per heavy atom. The van der Waals surface area contributed by atoms with E-state index in [-0.39, 0.29) is 12.8 Å². The number of aromatic amines is 1. The first-order valence-corrected chi connectivity index (χ1v) is 10.6. The standard InChI is InChI=1S/C21H21ClN4O3S/c1-27-17-7-5-14(22)10-15(17)20-23-21(30)26(24-20)11-25-8-2-3-16(25)13-4-6-18-19(9-13)29-12-28-18/h4-7,9-10,16H,2-3,8,11-12H2,1H3,(H,23,24,30). The topological polar surface area (TPSA) is 64.5 Å². The van der Waals surface area contributed by atoms with Crippen molar-refractivity contribution in [2.24, 2.45) is 0 Å². The van der Waals surface area contributed by atoms with Gasteiger partial charge in [0.15, 0.2) is 17.3 Å². The fourth-order valence-corrected chi connectivity index (χ4v) is 4.48. The molecule has 1 N–H and O–H groups in total. The summed E-state index contributed by atoms with van der Waals surface area (Å²) in [5.74, 6) is 2.94. The van der Waals surface area contributed by atoms with Crippen molar-refractivity contribution in [3.8, 4) is 28.6 Å². The third kappa shape index (κ3) is 3.55. The number of hydrogen-bond acceptors (Lipinski definition) is 6. The fourth-order valence-electron chi connectivity index (χ4n) is 4.11. The Morgan fingerprint density at radius 2 is 2.10 bits per heavy atom. The summed E-state index contributed by atoms with van der Waals surface area (Å²) in [6.07, 6.45) is 2.20. The number of halogens is 1. The molecule has 0 spiro atoms. The van der Waals surface area contributed by atoms with Gasteiger partial charge in [0, 0.05) is 17.6 Å². The van der Waals surface area contributed by atoms with E-state index in [9.17, 15) is 0 Å². The van der Waals surface area contributed by atoms with Gasteiger partial charge < -0.3 is 14.2 Å². The van der Waals surface area contributed by atoms with Crippen molar-refractivity contribution < 1.29 is 14.2 Å². The van der Waals surface area contributed by atoms with Gasteiger partial charge in [-0.1, -0.05) is 17.7 Å². The van der Waals surface area contributed by atoms with E-state index in [4.69, 9.17) is 38.0 Å². The SMILES string of the molecule is COc1ccc(Cl)cc1-c1nc(=S)n(CN2CCCC2c2ccc3c(c2)OCO3)[nH]1. The van der Waals surface area contributed by atoms with Crippen molar-refractivity contribution >= 4 is 23.8 Å². The summed E-state index contributed by atoms with van der Waals surface area (Å²) >= 11 is 11.7. The monoisotopic (exact) mass is 444 g/mol. The lowest BCUT2D eigenvalue weighted by atomic mass is 10.0. The number of nitrogens with one attached hydrogen (secondary N) is 1. The molecular formula is C21H21ClN4O3S. The van der Waals surface area contributed by atoms with Gasteiger partial charge in [0.25, 0.3) is 0 Å². The minimum Gasteiger partial charge on any atom is -0.496 e. The van der Waals surface area contributed by atoms with Gasteiger partial charge in [0.2, 0.25) is 11.6 Å². The van der Waals surface area contributed by atoms with Crippen LogP contribution in [-0.4, -0.2) is 40.1 Å². The number of H-pyrrole nitrogens is 1. The molecule has 1 saturated heterocycles. The van der Waals surface area contributed by atoms with E-state index in [0.717, 1.165) is 36.4 Å². The molecule has 2 aliphatic heterocycles. The lowest BCUT2D eigenvalue weighted by Crippen LogP contribution is -2.26. The molecule has 0 aliphatic carbocycles. The van der Waals surface area contributed by atoms with Crippen LogP contribution in [0.3, 0.4) is 0 Å². The van der Waals surface area contributed by atoms with Crippen LogP contribution in [0.4, 0.5) is 0 Å². The van der Waals surface area contributed by atoms with Gasteiger partial charge in [-0.15, -0.1) is 0 Å². The van der Waals surface area contributed by atoms with Gasteiger partial charge in [-0.3, -0.25) is 10.00 Å². The van der Waals surface area contributed by atoms with Crippen LogP contribution < -0.4 is 14.2 Å². The Bertz CT molecular complexity index is 1150. The maximum Gasteiger partial charge on any atom is 0.231 e. The minimum atomic E-state index is 0.284. The van der Waals surface area contributed by atoms with E-state index in [1.165, 1.54) is 5.56 Å². The molecule has 3 aromatic rings. The van der Waals surface area contributed by atoms with Crippen LogP contribution in [0.5, 0.6) is 17.2 Å². The van der Waals surface area contributed by atoms with Crippen molar-refractivity contribution in [2.75, 3.05) is 20.4 Å². The average Bonchev–Trinajstić information content (AvgIpc) is 3.48. The summed E-state index contributed by atoms with van der Waals surface area (Å²) in [4.78, 5) is 6.93. The third-order valence-corrected chi connectivity index (χ3v) is 6.11. The third-order valence-electron chi connectivity index (χ3n) is 5.56. The molecule has 0 bridgehead atoms. The molecule has 1 unspecified atom stereocenters. The molecule has 0 saturated carbocycles. The summed E-state index contributed by atoms with van der Waals surface area (Å²) in [6, 6.07) is 11.9. The molecule has 30 heavy (non-hydrogen) atoms. The average molecular weight is 445 g/mol. The zero-order valence-electron chi connectivity index (χ0n) is 16.4. The maximum atomic E-state index is 6.18. The van der Waals surface area contributed by atoms with Crippen molar-refractivity contribution in [3.05, 3.63) is 51.8 Å². The molecule has 2 aromatic carbocycles. The predicted molar refractivity (Wildman–Crippen MR) is 116 cm³/mol. The summed E-state index contributed by atoms with van der Waals surface area (Å²) in [5, 5.41) is 3.93. The molecule has 0 radical (unpaired) electrons. The molecule has 5 rings (SSSR count). The van der Waals surface area contributed by atoms with E-state index in [0.29, 0.717) is 28.0 Å². The summed E-state index contributed by atoms with van der Waals surface area (Å²) in [5.41, 5.74) is 2.00. The van der Waals surface area contributed by atoms with E-state index >= 15 is 0 Å². The van der Waals surface area contributed by atoms with E-state index < -0.39 is 0 Å². The summed E-state index contributed by atoms with van der Waals surface area (Å²) in [6.45, 7) is 1.88. The van der Waals surface area contributed by atoms with Gasteiger partial charge in [0.05, 0.1) is 19.3 Å². The molecule has 7 nitrogen and oxygen atoms in total. The first kappa shape index (κ1) is 19.4. The molecule has 156 valence electrons. The Kier molecular flexibility index (Phi) is 5.14. The maximum absolute atomic E-state index is 6.18. The van der Waals surface area contributed by atoms with Crippen LogP contribution in [0, 0.1) is 4.77 Å². The molecule has 3 heterocycles. The molecule has 0 amide bonds. The largest absolute Gasteiger partial charge is 0.496 e. The van der Waals surface area contributed by atoms with Gasteiger partial charge in [-0.05, 0) is 61.0 Å². The second-order valence-corrected chi connectivity index (χ2v) is 8.15. The number of fused-ring (bicyclic) bond motifs is 1. The van der Waals surface area contributed by atoms with Gasteiger partial charge >= 0.3 is 0 Å². The first-order chi connectivity index (χ1) is 14.6. The highest BCUT2D eigenvalue weighted by molar-refractivity contribution is 7.71. The molecule has 1 aromatic heterocycles. The zero-order valence-corrected chi connectivity index (χ0v) is 18.0. The normalized spacial score (nSPS) is 18.1. The van der Waals surface area contributed by atoms with Crippen LogP contribution in [0.15, 0.2) is 36.4 Å². The highest BCUT2D eigenvalue weighted by Crippen LogP contribution is 2.39. The number of aromatic nitrogens is 3. The van der Waals surface area contributed by atoms with Crippen molar-refractivity contribution in [2.45, 2.75) is 25.6 Å². The predicted octanol–water partition coefficient (Wildman–Crippen LogP) is 4.79. The highest BCUT2D eigenvalue weighted by atomic mass is 35.5. The lowest BCUT2D eigenvalue weighted by molar-refractivity contribution is 0.173.